The molecule has 0 radical (unpaired) electrons. The first kappa shape index (κ1) is 26.1. The summed E-state index contributed by atoms with van der Waals surface area (Å²) >= 11 is 2.51. The minimum absolute atomic E-state index is 0.0322. The van der Waals surface area contributed by atoms with E-state index in [-0.39, 0.29) is 29.4 Å². The molecular weight excluding hydrogens is 525 g/mol. The summed E-state index contributed by atoms with van der Waals surface area (Å²) < 4.78 is 36.7. The summed E-state index contributed by atoms with van der Waals surface area (Å²) in [4.78, 5) is 48.9. The maximum atomic E-state index is 12.7. The molecule has 1 saturated heterocycles. The Kier molecular flexibility index (Phi) is 8.34. The number of aromatic amines is 1. The van der Waals surface area contributed by atoms with Crippen molar-refractivity contribution in [2.45, 2.75) is 40.8 Å². The van der Waals surface area contributed by atoms with Gasteiger partial charge in [-0.1, -0.05) is 11.8 Å². The summed E-state index contributed by atoms with van der Waals surface area (Å²) in [5.74, 6) is -5.60. The number of rotatable bonds is 11. The highest BCUT2D eigenvalue weighted by atomic mass is 32.2. The number of nitrogens with zero attached hydrogens (tertiary/aromatic N) is 4. The summed E-state index contributed by atoms with van der Waals surface area (Å²) in [6, 6.07) is -1.08. The van der Waals surface area contributed by atoms with Crippen LogP contribution in [0.5, 0.6) is 0 Å². The van der Waals surface area contributed by atoms with Gasteiger partial charge in [0.2, 0.25) is 11.1 Å². The van der Waals surface area contributed by atoms with E-state index in [1.54, 1.807) is 0 Å². The number of tetrazole rings is 1. The van der Waals surface area contributed by atoms with Gasteiger partial charge in [0.15, 0.2) is 0 Å². The number of hydrogen-bond donors (Lipinski definition) is 4. The third-order valence-corrected chi connectivity index (χ3v) is 8.09. The van der Waals surface area contributed by atoms with Gasteiger partial charge in [0.05, 0.1) is 11.5 Å². The lowest BCUT2D eigenvalue weighted by molar-refractivity contribution is -0.150. The van der Waals surface area contributed by atoms with Crippen molar-refractivity contribution < 1.29 is 42.6 Å². The Morgan fingerprint density at radius 1 is 1.32 bits per heavy atom. The zero-order chi connectivity index (χ0) is 25.0. The number of alkyl halides is 3. The summed E-state index contributed by atoms with van der Waals surface area (Å²) in [6.45, 7) is 0. The van der Waals surface area contributed by atoms with Crippen LogP contribution in [-0.4, -0.2) is 99.6 Å². The molecule has 1 aromatic rings. The third kappa shape index (κ3) is 6.35. The van der Waals surface area contributed by atoms with Crippen LogP contribution in [0.25, 0.3) is 0 Å². The summed E-state index contributed by atoms with van der Waals surface area (Å²) in [6.07, 6.45) is -4.67. The van der Waals surface area contributed by atoms with E-state index in [1.165, 1.54) is 0 Å². The molecule has 186 valence electrons. The first-order chi connectivity index (χ1) is 16.0. The monoisotopic (exact) mass is 542 g/mol. The average molecular weight is 543 g/mol. The van der Waals surface area contributed by atoms with Crippen LogP contribution >= 0.6 is 35.3 Å². The molecule has 1 aromatic heterocycles. The van der Waals surface area contributed by atoms with E-state index in [2.05, 4.69) is 25.9 Å². The Labute approximate surface area is 201 Å². The van der Waals surface area contributed by atoms with E-state index >= 15 is 0 Å². The maximum Gasteiger partial charge on any atom is 0.397 e. The average Bonchev–Trinajstić information content (AvgIpc) is 3.26. The van der Waals surface area contributed by atoms with Gasteiger partial charge in [0.25, 0.3) is 5.91 Å². The number of aromatic nitrogens is 4. The second-order valence-corrected chi connectivity index (χ2v) is 10.2. The molecule has 34 heavy (non-hydrogen) atoms. The molecule has 0 bridgehead atoms. The predicted molar refractivity (Wildman–Crippen MR) is 114 cm³/mol. The van der Waals surface area contributed by atoms with Crippen molar-refractivity contribution in [3.05, 3.63) is 11.3 Å². The molecule has 2 aliphatic heterocycles. The van der Waals surface area contributed by atoms with E-state index in [0.29, 0.717) is 17.3 Å². The van der Waals surface area contributed by atoms with Crippen molar-refractivity contribution in [3.8, 4) is 0 Å². The van der Waals surface area contributed by atoms with Gasteiger partial charge in [-0.3, -0.25) is 19.3 Å². The van der Waals surface area contributed by atoms with Crippen LogP contribution in [0.15, 0.2) is 16.4 Å². The molecule has 3 rings (SSSR count). The molecule has 0 saturated carbocycles. The Hall–Kier alpha value is -2.47. The van der Waals surface area contributed by atoms with Crippen molar-refractivity contribution >= 4 is 59.0 Å². The number of carboxylic acid groups (broad SMARTS) is 2. The lowest BCUT2D eigenvalue weighted by atomic mass is 10.00. The molecule has 12 nitrogen and oxygen atoms in total. The van der Waals surface area contributed by atoms with Gasteiger partial charge in [-0.2, -0.15) is 18.4 Å². The number of carboxylic acids is 2. The normalized spacial score (nSPS) is 21.0. The summed E-state index contributed by atoms with van der Waals surface area (Å²) in [5, 5.41) is 33.2. The molecule has 3 atom stereocenters. The fraction of sp³-hybridized carbons (Fsp3) is 0.562. The van der Waals surface area contributed by atoms with Crippen molar-refractivity contribution in [2.24, 2.45) is 0 Å². The maximum absolute atomic E-state index is 12.7. The first-order valence-electron chi connectivity index (χ1n) is 9.44. The van der Waals surface area contributed by atoms with Crippen LogP contribution in [0, 0.1) is 0 Å². The van der Waals surface area contributed by atoms with E-state index in [1.807, 2.05) is 0 Å². The summed E-state index contributed by atoms with van der Waals surface area (Å²) in [5.41, 5.74) is -0.0271. The number of carbonyl (C=O) groups is 4. The quantitative estimate of drug-likeness (QED) is 0.226. The SMILES string of the molecule is O=C(O)CCC(Sc1nn[nH]n1)C1=C(C(=O)O)N2C(=O)C(NC(=O)CSCC(F)(F)F)[C@@H]2SC1. The van der Waals surface area contributed by atoms with Gasteiger partial charge in [-0.15, -0.1) is 33.7 Å². The summed E-state index contributed by atoms with van der Waals surface area (Å²) in [7, 11) is 0. The number of hydrogen-bond acceptors (Lipinski definition) is 10. The number of β-lactam (4-membered cyclic amide) rings is 1. The fourth-order valence-corrected chi connectivity index (χ4v) is 6.39. The fourth-order valence-electron chi connectivity index (χ4n) is 3.25. The second kappa shape index (κ2) is 10.9. The standard InChI is InChI=1S/C16H17F3N6O6S3/c17-16(18,19)5-32-4-8(26)20-10-12(29)25-11(14(30)31)6(3-33-13(10)25)7(1-2-9(27)28)34-15-21-23-24-22-15/h7,10,13H,1-5H2,(H,20,26)(H,27,28)(H,30,31)(H,21,22,23,24)/t7?,10?,13-/m0/s1. The Balaban J connectivity index is 1.75. The molecule has 3 heterocycles. The molecule has 18 heteroatoms. The Morgan fingerprint density at radius 2 is 2.06 bits per heavy atom. The van der Waals surface area contributed by atoms with Crippen molar-refractivity contribution in [3.63, 3.8) is 0 Å². The number of halogens is 3. The minimum Gasteiger partial charge on any atom is -0.481 e. The highest BCUT2D eigenvalue weighted by molar-refractivity contribution is 8.01. The number of thioether (sulfide) groups is 3. The molecule has 2 unspecified atom stereocenters. The van der Waals surface area contributed by atoms with Gasteiger partial charge in [-0.05, 0) is 17.2 Å². The Morgan fingerprint density at radius 3 is 2.65 bits per heavy atom. The second-order valence-electron chi connectivity index (χ2n) is 6.98. The van der Waals surface area contributed by atoms with Crippen molar-refractivity contribution in [2.75, 3.05) is 17.3 Å². The Bertz CT molecular complexity index is 992. The number of carbonyl (C=O) groups excluding carboxylic acids is 2. The third-order valence-electron chi connectivity index (χ3n) is 4.60. The number of H-pyrrole nitrogens is 1. The van der Waals surface area contributed by atoms with Crippen molar-refractivity contribution in [1.29, 1.82) is 0 Å². The van der Waals surface area contributed by atoms with Crippen molar-refractivity contribution in [1.82, 2.24) is 30.8 Å². The zero-order valence-electron chi connectivity index (χ0n) is 16.9. The van der Waals surface area contributed by atoms with E-state index < -0.39 is 58.1 Å². The molecule has 2 aliphatic rings. The number of fused-ring (bicyclic) bond motifs is 1. The predicted octanol–water partition coefficient (Wildman–Crippen LogP) is 0.559. The lowest BCUT2D eigenvalue weighted by Crippen LogP contribution is -2.70. The van der Waals surface area contributed by atoms with E-state index in [4.69, 9.17) is 5.11 Å². The lowest BCUT2D eigenvalue weighted by Gasteiger charge is -2.50. The van der Waals surface area contributed by atoms with Crippen LogP contribution in [0.1, 0.15) is 12.8 Å². The van der Waals surface area contributed by atoms with Gasteiger partial charge in [-0.25, -0.2) is 4.79 Å². The highest BCUT2D eigenvalue weighted by Crippen LogP contribution is 2.44. The van der Waals surface area contributed by atoms with Gasteiger partial charge >= 0.3 is 18.1 Å². The molecule has 2 amide bonds. The molecule has 0 spiro atoms. The molecular formula is C16H17F3N6O6S3. The zero-order valence-corrected chi connectivity index (χ0v) is 19.4. The van der Waals surface area contributed by atoms with E-state index in [0.717, 1.165) is 28.4 Å². The van der Waals surface area contributed by atoms with Crippen LogP contribution in [-0.2, 0) is 19.2 Å². The van der Waals surface area contributed by atoms with Crippen LogP contribution in [0.2, 0.25) is 0 Å². The van der Waals surface area contributed by atoms with E-state index in [9.17, 15) is 37.5 Å². The molecule has 0 aromatic carbocycles. The molecule has 1 fully saturated rings. The number of amides is 2. The molecule has 0 aliphatic carbocycles. The van der Waals surface area contributed by atoms with Gasteiger partial charge < -0.3 is 15.5 Å². The topological polar surface area (TPSA) is 178 Å². The molecule has 4 N–H and O–H groups in total. The van der Waals surface area contributed by atoms with Gasteiger partial charge in [0, 0.05) is 17.4 Å². The number of nitrogens with one attached hydrogen (secondary N) is 2. The van der Waals surface area contributed by atoms with Crippen LogP contribution in [0.4, 0.5) is 13.2 Å². The number of aliphatic carboxylic acids is 2. The smallest absolute Gasteiger partial charge is 0.397 e. The minimum atomic E-state index is -4.43. The highest BCUT2D eigenvalue weighted by Gasteiger charge is 2.54. The van der Waals surface area contributed by atoms with Crippen LogP contribution in [0.3, 0.4) is 0 Å². The van der Waals surface area contributed by atoms with Gasteiger partial charge in [0.1, 0.15) is 17.1 Å². The first-order valence-corrected chi connectivity index (χ1v) is 12.5. The largest absolute Gasteiger partial charge is 0.481 e. The van der Waals surface area contributed by atoms with Crippen LogP contribution < -0.4 is 5.32 Å².